The Labute approximate surface area is 136 Å². The molecule has 1 unspecified atom stereocenters. The topological polar surface area (TPSA) is 69.2 Å². The highest BCUT2D eigenvalue weighted by atomic mass is 16.3. The van der Waals surface area contributed by atoms with E-state index in [9.17, 15) is 9.90 Å². The van der Waals surface area contributed by atoms with E-state index < -0.39 is 0 Å². The number of nitrogens with one attached hydrogen (secondary N) is 1. The number of hydrogen-bond acceptors (Lipinski definition) is 4. The lowest BCUT2D eigenvalue weighted by atomic mass is 10.1. The van der Waals surface area contributed by atoms with Crippen molar-refractivity contribution < 1.29 is 5.11 Å². The Morgan fingerprint density at radius 3 is 3.00 bits per heavy atom. The minimum Gasteiger partial charge on any atom is -0.395 e. The number of rotatable bonds is 6. The number of hydrogen-bond donors (Lipinski definition) is 2. The lowest BCUT2D eigenvalue weighted by molar-refractivity contribution is 0.139. The molecule has 3 rings (SSSR count). The molecule has 1 aliphatic carbocycles. The van der Waals surface area contributed by atoms with Gasteiger partial charge in [-0.15, -0.1) is 0 Å². The van der Waals surface area contributed by atoms with Crippen LogP contribution in [-0.4, -0.2) is 33.1 Å². The first kappa shape index (κ1) is 15.9. The van der Waals surface area contributed by atoms with Crippen LogP contribution in [0.5, 0.6) is 0 Å². The third-order valence-electron chi connectivity index (χ3n) is 4.49. The Kier molecular flexibility index (Phi) is 4.88. The first-order valence-corrected chi connectivity index (χ1v) is 8.23. The van der Waals surface area contributed by atoms with Gasteiger partial charge in [0.05, 0.1) is 13.2 Å². The van der Waals surface area contributed by atoms with Gasteiger partial charge in [0.2, 0.25) is 0 Å². The van der Waals surface area contributed by atoms with E-state index >= 15 is 0 Å². The maximum atomic E-state index is 11.8. The molecular weight excluding hydrogens is 290 g/mol. The van der Waals surface area contributed by atoms with Crippen molar-refractivity contribution in [3.8, 4) is 0 Å². The Morgan fingerprint density at radius 1 is 1.39 bits per heavy atom. The number of fused-ring (bicyclic) bond motifs is 1. The van der Waals surface area contributed by atoms with Crippen LogP contribution in [0.15, 0.2) is 35.1 Å². The number of aliphatic hydroxyl groups is 1. The maximum absolute atomic E-state index is 11.8. The predicted octanol–water partition coefficient (Wildman–Crippen LogP) is 1.81. The highest BCUT2D eigenvalue weighted by Crippen LogP contribution is 2.35. The smallest absolute Gasteiger partial charge is 0.251 e. The molecule has 1 aliphatic rings. The van der Waals surface area contributed by atoms with Gasteiger partial charge in [-0.05, 0) is 30.4 Å². The average Bonchev–Trinajstić information content (AvgIpc) is 2.98. The van der Waals surface area contributed by atoms with Crippen LogP contribution < -0.4 is 5.56 Å². The zero-order chi connectivity index (χ0) is 16.2. The third kappa shape index (κ3) is 3.51. The minimum absolute atomic E-state index is 0.0936. The van der Waals surface area contributed by atoms with E-state index in [2.05, 4.69) is 39.1 Å². The molecule has 5 nitrogen and oxygen atoms in total. The molecule has 0 aliphatic heterocycles. The van der Waals surface area contributed by atoms with Gasteiger partial charge in [-0.2, -0.15) is 0 Å². The van der Waals surface area contributed by atoms with Crippen molar-refractivity contribution in [3.63, 3.8) is 0 Å². The van der Waals surface area contributed by atoms with Crippen LogP contribution in [0.4, 0.5) is 0 Å². The van der Waals surface area contributed by atoms with Crippen molar-refractivity contribution in [1.82, 2.24) is 14.9 Å². The SMILES string of the molecule is CCc1cc(=O)[nH]c(CN(CCO)C2CCc3ccccc32)n1. The Bertz CT molecular complexity index is 726. The van der Waals surface area contributed by atoms with Crippen molar-refractivity contribution in [2.75, 3.05) is 13.2 Å². The largest absolute Gasteiger partial charge is 0.395 e. The number of aromatic nitrogens is 2. The van der Waals surface area contributed by atoms with Gasteiger partial charge < -0.3 is 10.1 Å². The van der Waals surface area contributed by atoms with Crippen molar-refractivity contribution in [2.24, 2.45) is 0 Å². The third-order valence-corrected chi connectivity index (χ3v) is 4.49. The summed E-state index contributed by atoms with van der Waals surface area (Å²) in [5, 5.41) is 9.44. The summed E-state index contributed by atoms with van der Waals surface area (Å²) in [7, 11) is 0. The van der Waals surface area contributed by atoms with Crippen molar-refractivity contribution in [1.29, 1.82) is 0 Å². The maximum Gasteiger partial charge on any atom is 0.251 e. The van der Waals surface area contributed by atoms with Gasteiger partial charge in [-0.25, -0.2) is 4.98 Å². The molecule has 122 valence electrons. The van der Waals surface area contributed by atoms with E-state index in [0.29, 0.717) is 18.9 Å². The quantitative estimate of drug-likeness (QED) is 0.853. The Morgan fingerprint density at radius 2 is 2.22 bits per heavy atom. The molecule has 2 N–H and O–H groups in total. The molecule has 0 fully saturated rings. The lowest BCUT2D eigenvalue weighted by Gasteiger charge is -2.28. The molecule has 1 heterocycles. The molecule has 2 aromatic rings. The zero-order valence-corrected chi connectivity index (χ0v) is 13.5. The monoisotopic (exact) mass is 313 g/mol. The fourth-order valence-electron chi connectivity index (χ4n) is 3.40. The number of benzene rings is 1. The summed E-state index contributed by atoms with van der Waals surface area (Å²) < 4.78 is 0. The number of aryl methyl sites for hydroxylation is 2. The molecule has 0 spiro atoms. The summed E-state index contributed by atoms with van der Waals surface area (Å²) in [6, 6.07) is 10.3. The predicted molar refractivity (Wildman–Crippen MR) is 89.2 cm³/mol. The van der Waals surface area contributed by atoms with Crippen molar-refractivity contribution >= 4 is 0 Å². The summed E-state index contributed by atoms with van der Waals surface area (Å²) in [6.45, 7) is 3.20. The van der Waals surface area contributed by atoms with E-state index in [1.807, 2.05) is 6.92 Å². The van der Waals surface area contributed by atoms with Crippen LogP contribution in [-0.2, 0) is 19.4 Å². The van der Waals surface area contributed by atoms with Gasteiger partial charge in [-0.1, -0.05) is 31.2 Å². The number of aromatic amines is 1. The van der Waals surface area contributed by atoms with Crippen LogP contribution in [0.3, 0.4) is 0 Å². The zero-order valence-electron chi connectivity index (χ0n) is 13.5. The number of aliphatic hydroxyl groups excluding tert-OH is 1. The second kappa shape index (κ2) is 7.06. The molecule has 0 bridgehead atoms. The summed E-state index contributed by atoms with van der Waals surface area (Å²) in [5.41, 5.74) is 3.40. The highest BCUT2D eigenvalue weighted by molar-refractivity contribution is 5.34. The molecule has 1 aromatic heterocycles. The summed E-state index contributed by atoms with van der Waals surface area (Å²) in [5.74, 6) is 0.673. The second-order valence-electron chi connectivity index (χ2n) is 5.98. The van der Waals surface area contributed by atoms with Gasteiger partial charge in [-0.3, -0.25) is 9.69 Å². The van der Waals surface area contributed by atoms with Gasteiger partial charge >= 0.3 is 0 Å². The summed E-state index contributed by atoms with van der Waals surface area (Å²) in [6.07, 6.45) is 2.84. The van der Waals surface area contributed by atoms with Crippen LogP contribution >= 0.6 is 0 Å². The fourth-order valence-corrected chi connectivity index (χ4v) is 3.40. The van der Waals surface area contributed by atoms with Crippen LogP contribution in [0.1, 0.15) is 42.0 Å². The van der Waals surface area contributed by atoms with Crippen molar-refractivity contribution in [2.45, 2.75) is 38.8 Å². The molecule has 0 saturated carbocycles. The summed E-state index contributed by atoms with van der Waals surface area (Å²) >= 11 is 0. The van der Waals surface area contributed by atoms with E-state index in [-0.39, 0.29) is 18.2 Å². The molecule has 23 heavy (non-hydrogen) atoms. The van der Waals surface area contributed by atoms with Crippen molar-refractivity contribution in [3.05, 3.63) is 63.3 Å². The highest BCUT2D eigenvalue weighted by Gasteiger charge is 2.27. The van der Waals surface area contributed by atoms with Crippen LogP contribution in [0.25, 0.3) is 0 Å². The van der Waals surface area contributed by atoms with E-state index in [0.717, 1.165) is 25.0 Å². The van der Waals surface area contributed by atoms with E-state index in [1.165, 1.54) is 11.1 Å². The van der Waals surface area contributed by atoms with E-state index in [4.69, 9.17) is 0 Å². The average molecular weight is 313 g/mol. The van der Waals surface area contributed by atoms with Gasteiger partial charge in [0.25, 0.3) is 5.56 Å². The Balaban J connectivity index is 1.86. The molecule has 1 aromatic carbocycles. The molecule has 5 heteroatoms. The second-order valence-corrected chi connectivity index (χ2v) is 5.98. The van der Waals surface area contributed by atoms with Crippen LogP contribution in [0, 0.1) is 0 Å². The molecule has 0 amide bonds. The lowest BCUT2D eigenvalue weighted by Crippen LogP contribution is -2.31. The Hall–Kier alpha value is -1.98. The fraction of sp³-hybridized carbons (Fsp3) is 0.444. The summed E-state index contributed by atoms with van der Waals surface area (Å²) in [4.78, 5) is 21.3. The van der Waals surface area contributed by atoms with Gasteiger partial charge in [0.1, 0.15) is 5.82 Å². The van der Waals surface area contributed by atoms with Crippen LogP contribution in [0.2, 0.25) is 0 Å². The molecular formula is C18H23N3O2. The van der Waals surface area contributed by atoms with Gasteiger partial charge in [0.15, 0.2) is 0 Å². The van der Waals surface area contributed by atoms with Gasteiger partial charge in [0, 0.05) is 24.3 Å². The molecule has 0 saturated heterocycles. The van der Waals surface area contributed by atoms with E-state index in [1.54, 1.807) is 6.07 Å². The first-order chi connectivity index (χ1) is 11.2. The normalized spacial score (nSPS) is 16.7. The number of H-pyrrole nitrogens is 1. The first-order valence-electron chi connectivity index (χ1n) is 8.23. The standard InChI is InChI=1S/C18H23N3O2/c1-2-14-11-18(23)20-17(19-14)12-21(9-10-22)16-8-7-13-5-3-4-6-15(13)16/h3-6,11,16,22H,2,7-10,12H2,1H3,(H,19,20,23). The minimum atomic E-state index is -0.109. The number of nitrogens with zero attached hydrogens (tertiary/aromatic N) is 2. The molecule has 0 radical (unpaired) electrons. The molecule has 1 atom stereocenters.